The van der Waals surface area contributed by atoms with Crippen LogP contribution in [0.4, 0.5) is 0 Å². The molecular formula is C26H26Cl4O4. The molecule has 1 saturated carbocycles. The number of fused-ring (bicyclic) bond motifs is 1. The van der Waals surface area contributed by atoms with Crippen LogP contribution in [0.5, 0.6) is 0 Å². The van der Waals surface area contributed by atoms with Crippen LogP contribution in [-0.4, -0.2) is 29.7 Å². The molecule has 0 aromatic heterocycles. The average Bonchev–Trinajstić information content (AvgIpc) is 3.23. The van der Waals surface area contributed by atoms with Crippen LogP contribution in [0.2, 0.25) is 20.1 Å². The molecule has 2 aromatic rings. The first-order valence-corrected chi connectivity index (χ1v) is 12.5. The monoisotopic (exact) mass is 542 g/mol. The number of benzene rings is 2. The summed E-state index contributed by atoms with van der Waals surface area (Å²) in [4.78, 5) is 13.6. The Balaban J connectivity index is 1.56. The Bertz CT molecular complexity index is 1100. The first-order valence-electron chi connectivity index (χ1n) is 11.0. The van der Waals surface area contributed by atoms with Crippen LogP contribution in [0.3, 0.4) is 0 Å². The lowest BCUT2D eigenvalue weighted by atomic mass is 9.62. The third-order valence-corrected chi connectivity index (χ3v) is 9.09. The number of carbonyl (C=O) groups excluding carboxylic acids is 1. The predicted molar refractivity (Wildman–Crippen MR) is 136 cm³/mol. The van der Waals surface area contributed by atoms with Crippen molar-refractivity contribution in [3.8, 4) is 0 Å². The van der Waals surface area contributed by atoms with Crippen molar-refractivity contribution in [1.29, 1.82) is 0 Å². The van der Waals surface area contributed by atoms with Crippen LogP contribution in [0.25, 0.3) is 0 Å². The summed E-state index contributed by atoms with van der Waals surface area (Å²) in [5.41, 5.74) is -1.92. The van der Waals surface area contributed by atoms with Crippen molar-refractivity contribution in [1.82, 2.24) is 0 Å². The fourth-order valence-corrected chi connectivity index (χ4v) is 6.22. The molecule has 4 nitrogen and oxygen atoms in total. The summed E-state index contributed by atoms with van der Waals surface area (Å²) in [6.45, 7) is 4.21. The lowest BCUT2D eigenvalue weighted by Crippen LogP contribution is -2.54. The first-order chi connectivity index (χ1) is 16.0. The molecule has 2 aliphatic rings. The van der Waals surface area contributed by atoms with E-state index in [4.69, 9.17) is 55.9 Å². The summed E-state index contributed by atoms with van der Waals surface area (Å²) in [5.74, 6) is -0.696. The maximum absolute atomic E-state index is 13.6. The number of carbonyl (C=O) groups is 1. The lowest BCUT2D eigenvalue weighted by molar-refractivity contribution is -0.160. The molecule has 0 unspecified atom stereocenters. The van der Waals surface area contributed by atoms with Crippen LogP contribution in [0, 0.1) is 16.7 Å². The molecule has 8 heteroatoms. The number of hydrogen-bond acceptors (Lipinski definition) is 4. The van der Waals surface area contributed by atoms with Crippen LogP contribution in [0.15, 0.2) is 48.6 Å². The number of ketones is 1. The number of aliphatic hydroxyl groups is 1. The maximum Gasteiger partial charge on any atom is 0.151 e. The van der Waals surface area contributed by atoms with Crippen molar-refractivity contribution in [2.45, 2.75) is 39.1 Å². The molecule has 1 N–H and O–H groups in total. The highest BCUT2D eigenvalue weighted by Crippen LogP contribution is 2.62. The number of Topliss-reactive ketones (excluding diaryl/α,β-unsaturated/α-hetero) is 1. The Kier molecular flexibility index (Phi) is 7.44. The lowest BCUT2D eigenvalue weighted by Gasteiger charge is -2.46. The van der Waals surface area contributed by atoms with Crippen LogP contribution >= 0.6 is 46.4 Å². The van der Waals surface area contributed by atoms with E-state index in [1.165, 1.54) is 0 Å². The van der Waals surface area contributed by atoms with Crippen LogP contribution in [-0.2, 0) is 27.5 Å². The van der Waals surface area contributed by atoms with Gasteiger partial charge in [0.05, 0.1) is 43.4 Å². The van der Waals surface area contributed by atoms with E-state index < -0.39 is 22.3 Å². The third kappa shape index (κ3) is 4.12. The molecule has 2 aliphatic carbocycles. The van der Waals surface area contributed by atoms with E-state index in [0.717, 1.165) is 0 Å². The molecule has 0 bridgehead atoms. The SMILES string of the molecule is C[C@]1(COCc2c(Cl)cccc2Cl)[C@@](C)(COCc2c(Cl)cccc2Cl)C(=O)[C@@H]2C=CC[C@@]21O. The van der Waals surface area contributed by atoms with Crippen LogP contribution < -0.4 is 0 Å². The second-order valence-corrected chi connectivity index (χ2v) is 11.1. The van der Waals surface area contributed by atoms with Crippen molar-refractivity contribution in [2.24, 2.45) is 16.7 Å². The Hall–Kier alpha value is -1.11. The summed E-state index contributed by atoms with van der Waals surface area (Å²) in [6, 6.07) is 10.5. The minimum Gasteiger partial charge on any atom is -0.388 e. The smallest absolute Gasteiger partial charge is 0.151 e. The van der Waals surface area contributed by atoms with Crippen molar-refractivity contribution in [3.05, 3.63) is 79.8 Å². The molecule has 0 heterocycles. The standard InChI is InChI=1S/C26H26Cl4O4/c1-24(14-33-12-16-19(27)7-3-8-20(16)28)23(31)18-6-5-11-26(18,32)25(24,2)15-34-13-17-21(29)9-4-10-22(17)30/h3-10,18,32H,11-15H2,1-2H3/t18-,24-,25-,26+/m0/s1. The zero-order chi connectivity index (χ0) is 24.7. The molecule has 0 radical (unpaired) electrons. The third-order valence-electron chi connectivity index (χ3n) is 7.67. The fraction of sp³-hybridized carbons (Fsp3) is 0.423. The highest BCUT2D eigenvalue weighted by molar-refractivity contribution is 6.36. The zero-order valence-corrected chi connectivity index (χ0v) is 21.9. The Morgan fingerprint density at radius 2 is 1.35 bits per heavy atom. The van der Waals surface area contributed by atoms with Gasteiger partial charge in [0.15, 0.2) is 5.78 Å². The van der Waals surface area contributed by atoms with Gasteiger partial charge in [0.25, 0.3) is 0 Å². The molecule has 0 aliphatic heterocycles. The number of halogens is 4. The second kappa shape index (κ2) is 9.74. The van der Waals surface area contributed by atoms with Gasteiger partial charge in [-0.25, -0.2) is 0 Å². The van der Waals surface area contributed by atoms with Gasteiger partial charge in [-0.15, -0.1) is 0 Å². The Morgan fingerprint density at radius 1 is 0.882 bits per heavy atom. The molecule has 182 valence electrons. The van der Waals surface area contributed by atoms with Gasteiger partial charge in [-0.1, -0.05) is 77.6 Å². The van der Waals surface area contributed by atoms with E-state index in [9.17, 15) is 9.90 Å². The van der Waals surface area contributed by atoms with E-state index in [0.29, 0.717) is 37.6 Å². The predicted octanol–water partition coefficient (Wildman–Crippen LogP) is 6.94. The van der Waals surface area contributed by atoms with Crippen molar-refractivity contribution in [3.63, 3.8) is 0 Å². The van der Waals surface area contributed by atoms with Crippen molar-refractivity contribution < 1.29 is 19.4 Å². The van der Waals surface area contributed by atoms with Gasteiger partial charge in [-0.2, -0.15) is 0 Å². The highest BCUT2D eigenvalue weighted by Gasteiger charge is 2.72. The van der Waals surface area contributed by atoms with Gasteiger partial charge in [-0.05, 0) is 37.6 Å². The summed E-state index contributed by atoms with van der Waals surface area (Å²) < 4.78 is 12.1. The first kappa shape index (κ1) is 26.0. The van der Waals surface area contributed by atoms with Gasteiger partial charge in [0.1, 0.15) is 0 Å². The summed E-state index contributed by atoms with van der Waals surface area (Å²) >= 11 is 25.1. The number of hydrogen-bond donors (Lipinski definition) is 1. The topological polar surface area (TPSA) is 55.8 Å². The molecule has 2 aromatic carbocycles. The van der Waals surface area contributed by atoms with Crippen molar-refractivity contribution >= 4 is 52.2 Å². The second-order valence-electron chi connectivity index (χ2n) is 9.45. The summed E-state index contributed by atoms with van der Waals surface area (Å²) in [7, 11) is 0. The van der Waals surface area contributed by atoms with E-state index >= 15 is 0 Å². The van der Waals surface area contributed by atoms with Gasteiger partial charge >= 0.3 is 0 Å². The van der Waals surface area contributed by atoms with Gasteiger partial charge in [0.2, 0.25) is 0 Å². The number of rotatable bonds is 8. The van der Waals surface area contributed by atoms with Crippen molar-refractivity contribution in [2.75, 3.05) is 13.2 Å². The summed E-state index contributed by atoms with van der Waals surface area (Å²) in [6.07, 6.45) is 4.01. The minimum absolute atomic E-state index is 0.0733. The number of ether oxygens (including phenoxy) is 2. The molecule has 0 saturated heterocycles. The zero-order valence-electron chi connectivity index (χ0n) is 18.9. The largest absolute Gasteiger partial charge is 0.388 e. The van der Waals surface area contributed by atoms with E-state index in [2.05, 4.69) is 0 Å². The molecule has 0 amide bonds. The van der Waals surface area contributed by atoms with Crippen LogP contribution in [0.1, 0.15) is 31.4 Å². The van der Waals surface area contributed by atoms with E-state index in [1.54, 1.807) is 42.5 Å². The average molecular weight is 544 g/mol. The quantitative estimate of drug-likeness (QED) is 0.366. The van der Waals surface area contributed by atoms with E-state index in [-0.39, 0.29) is 32.2 Å². The normalized spacial score (nSPS) is 30.2. The molecule has 1 fully saturated rings. The maximum atomic E-state index is 13.6. The summed E-state index contributed by atoms with van der Waals surface area (Å²) in [5, 5.41) is 13.8. The van der Waals surface area contributed by atoms with Gasteiger partial charge in [0, 0.05) is 36.6 Å². The molecular weight excluding hydrogens is 518 g/mol. The van der Waals surface area contributed by atoms with E-state index in [1.807, 2.05) is 19.9 Å². The fourth-order valence-electron chi connectivity index (χ4n) is 5.21. The molecule has 4 atom stereocenters. The van der Waals surface area contributed by atoms with Gasteiger partial charge in [-0.3, -0.25) is 4.79 Å². The molecule has 34 heavy (non-hydrogen) atoms. The molecule has 4 rings (SSSR count). The minimum atomic E-state index is -1.28. The Morgan fingerprint density at radius 3 is 1.85 bits per heavy atom. The Labute approximate surface area is 219 Å². The highest BCUT2D eigenvalue weighted by atomic mass is 35.5. The molecule has 0 spiro atoms. The van der Waals surface area contributed by atoms with Gasteiger partial charge < -0.3 is 14.6 Å².